The predicted octanol–water partition coefficient (Wildman–Crippen LogP) is 2.91. The maximum Gasteiger partial charge on any atom is 0.129 e. The molecule has 1 aromatic carbocycles. The van der Waals surface area contributed by atoms with Crippen LogP contribution in [0, 0.1) is 11.6 Å². The Bertz CT molecular complexity index is 393. The number of methoxy groups -OCH3 is 1. The highest BCUT2D eigenvalue weighted by Gasteiger charge is 2.29. The average molecular weight is 257 g/mol. The van der Waals surface area contributed by atoms with Crippen molar-refractivity contribution in [2.75, 3.05) is 13.7 Å². The van der Waals surface area contributed by atoms with E-state index in [-0.39, 0.29) is 6.04 Å². The van der Waals surface area contributed by atoms with Gasteiger partial charge in [-0.25, -0.2) is 8.78 Å². The van der Waals surface area contributed by atoms with E-state index in [1.165, 1.54) is 12.1 Å². The fourth-order valence-corrected chi connectivity index (χ4v) is 1.86. The molecule has 4 heteroatoms. The third-order valence-electron chi connectivity index (χ3n) is 3.25. The van der Waals surface area contributed by atoms with Gasteiger partial charge in [-0.2, -0.15) is 0 Å². The number of hydrogen-bond donors (Lipinski definition) is 1. The van der Waals surface area contributed by atoms with Gasteiger partial charge in [0, 0.05) is 19.2 Å². The topological polar surface area (TPSA) is 21.3 Å². The van der Waals surface area contributed by atoms with Gasteiger partial charge in [-0.15, -0.1) is 0 Å². The van der Waals surface area contributed by atoms with E-state index in [9.17, 15) is 8.78 Å². The van der Waals surface area contributed by atoms with Gasteiger partial charge in [0.25, 0.3) is 0 Å². The Morgan fingerprint density at radius 3 is 2.50 bits per heavy atom. The lowest BCUT2D eigenvalue weighted by Gasteiger charge is -2.34. The fourth-order valence-electron chi connectivity index (χ4n) is 1.86. The molecule has 0 spiro atoms. The van der Waals surface area contributed by atoms with E-state index < -0.39 is 17.2 Å². The Labute approximate surface area is 107 Å². The second-order valence-electron chi connectivity index (χ2n) is 4.86. The average Bonchev–Trinajstić information content (AvgIpc) is 2.31. The summed E-state index contributed by atoms with van der Waals surface area (Å²) in [5, 5.41) is 3.28. The minimum atomic E-state index is -0.553. The molecule has 0 fully saturated rings. The minimum absolute atomic E-state index is 0.0348. The first kappa shape index (κ1) is 15.1. The molecule has 0 heterocycles. The molecule has 0 saturated heterocycles. The fraction of sp³-hybridized carbons (Fsp3) is 0.571. The van der Waals surface area contributed by atoms with Crippen molar-refractivity contribution >= 4 is 0 Å². The summed E-state index contributed by atoms with van der Waals surface area (Å²) in [5.41, 5.74) is 0.0732. The van der Waals surface area contributed by atoms with Crippen LogP contribution in [0.25, 0.3) is 0 Å². The molecule has 2 nitrogen and oxygen atoms in total. The van der Waals surface area contributed by atoms with E-state index >= 15 is 0 Å². The third kappa shape index (κ3) is 3.75. The van der Waals surface area contributed by atoms with Crippen LogP contribution in [0.15, 0.2) is 18.2 Å². The van der Waals surface area contributed by atoms with E-state index in [2.05, 4.69) is 5.32 Å². The number of halogens is 2. The number of nitrogens with one attached hydrogen (secondary N) is 1. The summed E-state index contributed by atoms with van der Waals surface area (Å²) < 4.78 is 31.9. The molecule has 0 saturated carbocycles. The van der Waals surface area contributed by atoms with Crippen LogP contribution in [0.4, 0.5) is 8.78 Å². The van der Waals surface area contributed by atoms with Gasteiger partial charge >= 0.3 is 0 Å². The van der Waals surface area contributed by atoms with Crippen molar-refractivity contribution in [1.29, 1.82) is 0 Å². The second kappa shape index (κ2) is 6.25. The van der Waals surface area contributed by atoms with Crippen LogP contribution in [0.3, 0.4) is 0 Å². The van der Waals surface area contributed by atoms with Crippen LogP contribution < -0.4 is 5.32 Å². The summed E-state index contributed by atoms with van der Waals surface area (Å²) in [4.78, 5) is 0. The molecule has 0 bridgehead atoms. The molecule has 0 aliphatic heterocycles. The largest absolute Gasteiger partial charge is 0.377 e. The number of rotatable bonds is 6. The molecule has 1 N–H and O–H groups in total. The van der Waals surface area contributed by atoms with Crippen LogP contribution in [-0.4, -0.2) is 25.3 Å². The molecule has 0 aromatic heterocycles. The second-order valence-corrected chi connectivity index (χ2v) is 4.86. The van der Waals surface area contributed by atoms with Gasteiger partial charge in [0.2, 0.25) is 0 Å². The van der Waals surface area contributed by atoms with Crippen molar-refractivity contribution < 1.29 is 13.5 Å². The molecule has 1 atom stereocenters. The molecule has 0 amide bonds. The van der Waals surface area contributed by atoms with Crippen LogP contribution in [0.1, 0.15) is 26.3 Å². The summed E-state index contributed by atoms with van der Waals surface area (Å²) in [7, 11) is 1.63. The highest BCUT2D eigenvalue weighted by molar-refractivity contribution is 5.20. The van der Waals surface area contributed by atoms with Gasteiger partial charge < -0.3 is 10.1 Å². The van der Waals surface area contributed by atoms with Crippen LogP contribution in [-0.2, 0) is 11.2 Å². The highest BCUT2D eigenvalue weighted by Crippen LogP contribution is 2.20. The monoisotopic (exact) mass is 257 g/mol. The SMILES string of the molecule is CCNC(Cc1ccc(F)cc1F)C(C)(C)OC. The maximum absolute atomic E-state index is 13.6. The Morgan fingerprint density at radius 2 is 2.00 bits per heavy atom. The standard InChI is InChI=1S/C14H21F2NO/c1-5-17-13(14(2,3)18-4)8-10-6-7-11(15)9-12(10)16/h6-7,9,13,17H,5,8H2,1-4H3. The van der Waals surface area contributed by atoms with Crippen molar-refractivity contribution in [2.24, 2.45) is 0 Å². The Kier molecular flexibility index (Phi) is 5.23. The summed E-state index contributed by atoms with van der Waals surface area (Å²) in [5.74, 6) is -1.06. The third-order valence-corrected chi connectivity index (χ3v) is 3.25. The normalized spacial score (nSPS) is 13.7. The van der Waals surface area contributed by atoms with Crippen molar-refractivity contribution in [1.82, 2.24) is 5.32 Å². The lowest BCUT2D eigenvalue weighted by atomic mass is 9.92. The molecule has 102 valence electrons. The summed E-state index contributed by atoms with van der Waals surface area (Å²) >= 11 is 0. The van der Waals surface area contributed by atoms with Crippen LogP contribution >= 0.6 is 0 Å². The first-order chi connectivity index (χ1) is 8.40. The zero-order valence-electron chi connectivity index (χ0n) is 11.4. The number of likely N-dealkylation sites (N-methyl/N-ethyl adjacent to an activating group) is 1. The number of benzene rings is 1. The molecule has 1 rings (SSSR count). The number of ether oxygens (including phenoxy) is 1. The van der Waals surface area contributed by atoms with Crippen molar-refractivity contribution in [3.8, 4) is 0 Å². The summed E-state index contributed by atoms with van der Waals surface area (Å²) in [6.07, 6.45) is 0.459. The van der Waals surface area contributed by atoms with E-state index in [4.69, 9.17) is 4.74 Å². The van der Waals surface area contributed by atoms with Crippen LogP contribution in [0.2, 0.25) is 0 Å². The summed E-state index contributed by atoms with van der Waals surface area (Å²) in [6.45, 7) is 6.64. The molecule has 18 heavy (non-hydrogen) atoms. The molecular formula is C14H21F2NO. The highest BCUT2D eigenvalue weighted by atomic mass is 19.1. The van der Waals surface area contributed by atoms with Crippen molar-refractivity contribution in [3.05, 3.63) is 35.4 Å². The molecule has 1 unspecified atom stereocenters. The molecule has 1 aromatic rings. The van der Waals surface area contributed by atoms with E-state index in [1.54, 1.807) is 7.11 Å². The van der Waals surface area contributed by atoms with Crippen molar-refractivity contribution in [3.63, 3.8) is 0 Å². The van der Waals surface area contributed by atoms with E-state index in [0.29, 0.717) is 12.0 Å². The van der Waals surface area contributed by atoms with Gasteiger partial charge in [-0.3, -0.25) is 0 Å². The minimum Gasteiger partial charge on any atom is -0.377 e. The van der Waals surface area contributed by atoms with Gasteiger partial charge in [0.1, 0.15) is 11.6 Å². The van der Waals surface area contributed by atoms with E-state index in [1.807, 2.05) is 20.8 Å². The zero-order chi connectivity index (χ0) is 13.8. The van der Waals surface area contributed by atoms with Gasteiger partial charge in [-0.1, -0.05) is 13.0 Å². The smallest absolute Gasteiger partial charge is 0.129 e. The van der Waals surface area contributed by atoms with Gasteiger partial charge in [0.05, 0.1) is 5.60 Å². The first-order valence-corrected chi connectivity index (χ1v) is 6.13. The van der Waals surface area contributed by atoms with E-state index in [0.717, 1.165) is 12.6 Å². The molecular weight excluding hydrogens is 236 g/mol. The lowest BCUT2D eigenvalue weighted by molar-refractivity contribution is -0.00978. The zero-order valence-corrected chi connectivity index (χ0v) is 11.4. The Morgan fingerprint density at radius 1 is 1.33 bits per heavy atom. The molecule has 0 aliphatic carbocycles. The quantitative estimate of drug-likeness (QED) is 0.846. The summed E-state index contributed by atoms with van der Waals surface area (Å²) in [6, 6.07) is 3.65. The molecule has 0 aliphatic rings. The van der Waals surface area contributed by atoms with Crippen molar-refractivity contribution in [2.45, 2.75) is 38.8 Å². The van der Waals surface area contributed by atoms with Crippen LogP contribution in [0.5, 0.6) is 0 Å². The Balaban J connectivity index is 2.89. The number of hydrogen-bond acceptors (Lipinski definition) is 2. The maximum atomic E-state index is 13.6. The first-order valence-electron chi connectivity index (χ1n) is 6.13. The molecule has 0 radical (unpaired) electrons. The lowest BCUT2D eigenvalue weighted by Crippen LogP contribution is -2.49. The Hall–Kier alpha value is -1.00. The van der Waals surface area contributed by atoms with Gasteiger partial charge in [0.15, 0.2) is 0 Å². The predicted molar refractivity (Wildman–Crippen MR) is 68.6 cm³/mol. The van der Waals surface area contributed by atoms with Gasteiger partial charge in [-0.05, 0) is 38.4 Å².